The molecular weight excluding hydrogens is 245 g/mol. The Balaban J connectivity index is 2.09. The summed E-state index contributed by atoms with van der Waals surface area (Å²) in [6, 6.07) is 6.62. The summed E-state index contributed by atoms with van der Waals surface area (Å²) in [7, 11) is 1.79. The highest BCUT2D eigenvalue weighted by molar-refractivity contribution is 5.34. The molecule has 0 aliphatic heterocycles. The van der Waals surface area contributed by atoms with E-state index in [1.165, 1.54) is 6.07 Å². The lowest BCUT2D eigenvalue weighted by atomic mass is 10.2. The highest BCUT2D eigenvalue weighted by Gasteiger charge is 2.04. The molecule has 5 heteroatoms. The molecule has 0 aliphatic carbocycles. The Labute approximate surface area is 111 Å². The Morgan fingerprint density at radius 3 is 2.68 bits per heavy atom. The van der Waals surface area contributed by atoms with Gasteiger partial charge in [-0.2, -0.15) is 0 Å². The molecule has 19 heavy (non-hydrogen) atoms. The molecule has 1 aromatic carbocycles. The van der Waals surface area contributed by atoms with Crippen LogP contribution in [0.15, 0.2) is 24.3 Å². The van der Waals surface area contributed by atoms with Crippen LogP contribution in [0.25, 0.3) is 0 Å². The summed E-state index contributed by atoms with van der Waals surface area (Å²) in [6.45, 7) is 3.80. The van der Waals surface area contributed by atoms with Gasteiger partial charge in [0.1, 0.15) is 24.0 Å². The summed E-state index contributed by atoms with van der Waals surface area (Å²) in [5.74, 6) is 1.49. The Kier molecular flexibility index (Phi) is 3.94. The van der Waals surface area contributed by atoms with Crippen LogP contribution in [0.3, 0.4) is 0 Å². The predicted octanol–water partition coefficient (Wildman–Crippen LogP) is 2.85. The number of benzene rings is 1. The van der Waals surface area contributed by atoms with Gasteiger partial charge in [-0.1, -0.05) is 6.07 Å². The zero-order valence-electron chi connectivity index (χ0n) is 11.2. The molecule has 0 bridgehead atoms. The first-order valence-corrected chi connectivity index (χ1v) is 6.00. The van der Waals surface area contributed by atoms with Crippen molar-refractivity contribution in [2.75, 3.05) is 12.4 Å². The second kappa shape index (κ2) is 5.65. The second-order valence-electron chi connectivity index (χ2n) is 4.26. The summed E-state index contributed by atoms with van der Waals surface area (Å²) < 4.78 is 18.9. The van der Waals surface area contributed by atoms with Crippen LogP contribution < -0.4 is 10.1 Å². The monoisotopic (exact) mass is 261 g/mol. The van der Waals surface area contributed by atoms with E-state index in [-0.39, 0.29) is 12.4 Å². The summed E-state index contributed by atoms with van der Waals surface area (Å²) >= 11 is 0. The van der Waals surface area contributed by atoms with E-state index in [9.17, 15) is 4.39 Å². The minimum Gasteiger partial charge on any atom is -0.486 e. The van der Waals surface area contributed by atoms with E-state index >= 15 is 0 Å². The molecule has 0 saturated carbocycles. The van der Waals surface area contributed by atoms with E-state index in [1.54, 1.807) is 26.1 Å². The van der Waals surface area contributed by atoms with Crippen LogP contribution in [0.5, 0.6) is 5.75 Å². The third-order valence-electron chi connectivity index (χ3n) is 2.67. The van der Waals surface area contributed by atoms with E-state index in [2.05, 4.69) is 15.3 Å². The molecule has 2 rings (SSSR count). The summed E-state index contributed by atoms with van der Waals surface area (Å²) in [5, 5.41) is 2.96. The van der Waals surface area contributed by atoms with Gasteiger partial charge in [0.15, 0.2) is 5.82 Å². The molecule has 100 valence electrons. The van der Waals surface area contributed by atoms with Crippen molar-refractivity contribution in [2.24, 2.45) is 0 Å². The smallest absolute Gasteiger partial charge is 0.168 e. The van der Waals surface area contributed by atoms with Gasteiger partial charge in [-0.25, -0.2) is 14.4 Å². The average Bonchev–Trinajstić information content (AvgIpc) is 2.39. The number of nitrogens with zero attached hydrogens (tertiary/aromatic N) is 2. The molecule has 0 atom stereocenters. The fourth-order valence-electron chi connectivity index (χ4n) is 1.63. The molecule has 1 N–H and O–H groups in total. The van der Waals surface area contributed by atoms with Crippen LogP contribution in [0.2, 0.25) is 0 Å². The number of ether oxygens (including phenoxy) is 1. The number of nitrogens with one attached hydrogen (secondary N) is 1. The zero-order chi connectivity index (χ0) is 13.8. The number of halogens is 1. The SMILES string of the molecule is CNc1cc(C)nc(COc2ccc(C)c(F)c2)n1. The summed E-state index contributed by atoms with van der Waals surface area (Å²) in [6.07, 6.45) is 0. The fourth-order valence-corrected chi connectivity index (χ4v) is 1.63. The minimum absolute atomic E-state index is 0.207. The third-order valence-corrected chi connectivity index (χ3v) is 2.67. The van der Waals surface area contributed by atoms with Crippen molar-refractivity contribution in [1.29, 1.82) is 0 Å². The standard InChI is InChI=1S/C14H16FN3O/c1-9-4-5-11(7-12(9)15)19-8-14-17-10(2)6-13(16-3)18-14/h4-7H,8H2,1-3H3,(H,16,17,18). The van der Waals surface area contributed by atoms with Crippen LogP contribution >= 0.6 is 0 Å². The first-order valence-electron chi connectivity index (χ1n) is 6.00. The van der Waals surface area contributed by atoms with Crippen LogP contribution in [-0.2, 0) is 6.61 Å². The normalized spacial score (nSPS) is 10.3. The quantitative estimate of drug-likeness (QED) is 0.919. The maximum atomic E-state index is 13.4. The highest BCUT2D eigenvalue weighted by atomic mass is 19.1. The number of aromatic nitrogens is 2. The summed E-state index contributed by atoms with van der Waals surface area (Å²) in [5.41, 5.74) is 1.45. The van der Waals surface area contributed by atoms with Crippen LogP contribution in [-0.4, -0.2) is 17.0 Å². The van der Waals surface area contributed by atoms with E-state index in [1.807, 2.05) is 13.0 Å². The number of aryl methyl sites for hydroxylation is 2. The number of hydrogen-bond acceptors (Lipinski definition) is 4. The molecule has 1 heterocycles. The molecule has 0 unspecified atom stereocenters. The maximum absolute atomic E-state index is 13.4. The van der Waals surface area contributed by atoms with E-state index in [4.69, 9.17) is 4.74 Å². The fraction of sp³-hybridized carbons (Fsp3) is 0.286. The minimum atomic E-state index is -0.279. The van der Waals surface area contributed by atoms with E-state index < -0.39 is 0 Å². The van der Waals surface area contributed by atoms with Gasteiger partial charge >= 0.3 is 0 Å². The molecule has 0 saturated heterocycles. The Morgan fingerprint density at radius 1 is 1.21 bits per heavy atom. The van der Waals surface area contributed by atoms with Crippen molar-refractivity contribution in [3.8, 4) is 5.75 Å². The van der Waals surface area contributed by atoms with Gasteiger partial charge in [-0.15, -0.1) is 0 Å². The summed E-state index contributed by atoms with van der Waals surface area (Å²) in [4.78, 5) is 8.53. The second-order valence-corrected chi connectivity index (χ2v) is 4.26. The molecule has 2 aromatic rings. The van der Waals surface area contributed by atoms with Crippen molar-refractivity contribution in [1.82, 2.24) is 9.97 Å². The van der Waals surface area contributed by atoms with Gasteiger partial charge in [-0.3, -0.25) is 0 Å². The van der Waals surface area contributed by atoms with Gasteiger partial charge < -0.3 is 10.1 Å². The van der Waals surface area contributed by atoms with Crippen LogP contribution in [0.1, 0.15) is 17.1 Å². The molecule has 1 aromatic heterocycles. The Morgan fingerprint density at radius 2 is 2.00 bits per heavy atom. The predicted molar refractivity (Wildman–Crippen MR) is 71.8 cm³/mol. The number of hydrogen-bond donors (Lipinski definition) is 1. The lowest BCUT2D eigenvalue weighted by Crippen LogP contribution is -2.05. The van der Waals surface area contributed by atoms with Crippen LogP contribution in [0.4, 0.5) is 10.2 Å². The molecule has 0 amide bonds. The lowest BCUT2D eigenvalue weighted by molar-refractivity contribution is 0.294. The highest BCUT2D eigenvalue weighted by Crippen LogP contribution is 2.17. The first kappa shape index (κ1) is 13.3. The van der Waals surface area contributed by atoms with Gasteiger partial charge in [0.05, 0.1) is 0 Å². The molecule has 0 fully saturated rings. The van der Waals surface area contributed by atoms with Crippen molar-refractivity contribution in [3.05, 3.63) is 47.2 Å². The maximum Gasteiger partial charge on any atom is 0.168 e. The van der Waals surface area contributed by atoms with Gasteiger partial charge in [-0.05, 0) is 25.5 Å². The molecule has 0 spiro atoms. The Hall–Kier alpha value is -2.17. The third kappa shape index (κ3) is 3.40. The Bertz CT molecular complexity index is 587. The van der Waals surface area contributed by atoms with Gasteiger partial charge in [0.25, 0.3) is 0 Å². The first-order chi connectivity index (χ1) is 9.08. The van der Waals surface area contributed by atoms with Crippen LogP contribution in [0, 0.1) is 19.7 Å². The largest absolute Gasteiger partial charge is 0.486 e. The van der Waals surface area contributed by atoms with Crippen molar-refractivity contribution in [3.63, 3.8) is 0 Å². The van der Waals surface area contributed by atoms with E-state index in [0.29, 0.717) is 17.1 Å². The molecule has 0 radical (unpaired) electrons. The average molecular weight is 261 g/mol. The number of anilines is 1. The zero-order valence-corrected chi connectivity index (χ0v) is 11.2. The lowest BCUT2D eigenvalue weighted by Gasteiger charge is -2.08. The van der Waals surface area contributed by atoms with Crippen molar-refractivity contribution >= 4 is 5.82 Å². The topological polar surface area (TPSA) is 47.0 Å². The van der Waals surface area contributed by atoms with E-state index in [0.717, 1.165) is 11.5 Å². The van der Waals surface area contributed by atoms with Gasteiger partial charge in [0.2, 0.25) is 0 Å². The van der Waals surface area contributed by atoms with Crippen molar-refractivity contribution < 1.29 is 9.13 Å². The van der Waals surface area contributed by atoms with Gasteiger partial charge in [0, 0.05) is 24.9 Å². The molecular formula is C14H16FN3O. The molecule has 0 aliphatic rings. The molecule has 4 nitrogen and oxygen atoms in total. The van der Waals surface area contributed by atoms with Crippen molar-refractivity contribution in [2.45, 2.75) is 20.5 Å². The number of rotatable bonds is 4.